The molecule has 74 heavy (non-hydrogen) atoms. The molecule has 14 rings (SSSR count). The highest BCUT2D eigenvalue weighted by Gasteiger charge is 2.54. The molecule has 0 fully saturated rings. The molecule has 0 bridgehead atoms. The molecule has 1 spiro atoms. The smallest absolute Gasteiger partial charge is 0.141 e. The van der Waals surface area contributed by atoms with E-state index in [9.17, 15) is 0 Å². The number of halogens is 6. The molecule has 0 atom stereocenters. The molecular weight excluding hydrogens is 975 g/mol. The number of thiophene rings is 2. The summed E-state index contributed by atoms with van der Waals surface area (Å²) in [4.78, 5) is 3.70. The molecule has 0 unspecified atom stereocenters. The Morgan fingerprint density at radius 2 is 0.689 bits per heavy atom. The van der Waals surface area contributed by atoms with Crippen molar-refractivity contribution in [1.82, 2.24) is 0 Å². The van der Waals surface area contributed by atoms with E-state index in [1.165, 1.54) is 59.1 Å². The molecule has 358 valence electrons. The third-order valence-electron chi connectivity index (χ3n) is 15.2. The Balaban J connectivity index is 1.07. The Bertz CT molecular complexity index is 4050. The van der Waals surface area contributed by atoms with Crippen molar-refractivity contribution in [2.24, 2.45) is 0 Å². The fourth-order valence-electron chi connectivity index (χ4n) is 12.2. The Kier molecular flexibility index (Phi) is 9.72. The molecule has 0 saturated carbocycles. The fraction of sp³-hybridized carbons (Fsp3) is 0.0625. The van der Waals surface area contributed by atoms with Crippen molar-refractivity contribution in [3.8, 4) is 11.1 Å². The van der Waals surface area contributed by atoms with Gasteiger partial charge < -0.3 is 9.80 Å². The van der Waals surface area contributed by atoms with Gasteiger partial charge in [0.05, 0.1) is 47.0 Å². The lowest BCUT2D eigenvalue weighted by molar-refractivity contribution is 0.563. The number of benzene rings is 10. The van der Waals surface area contributed by atoms with Gasteiger partial charge in [-0.1, -0.05) is 123 Å². The van der Waals surface area contributed by atoms with Gasteiger partial charge in [-0.05, 0) is 117 Å². The maximum absolute atomic E-state index is 15.6. The van der Waals surface area contributed by atoms with Gasteiger partial charge in [-0.3, -0.25) is 0 Å². The van der Waals surface area contributed by atoms with Gasteiger partial charge >= 0.3 is 0 Å². The predicted molar refractivity (Wildman–Crippen MR) is 291 cm³/mol. The van der Waals surface area contributed by atoms with E-state index in [0.29, 0.717) is 32.1 Å². The summed E-state index contributed by atoms with van der Waals surface area (Å²) >= 11 is 2.58. The van der Waals surface area contributed by atoms with Crippen molar-refractivity contribution >= 4 is 97.1 Å². The van der Waals surface area contributed by atoms with E-state index in [1.54, 1.807) is 12.1 Å². The lowest BCUT2D eigenvalue weighted by Crippen LogP contribution is -2.40. The minimum absolute atomic E-state index is 0.235. The van der Waals surface area contributed by atoms with E-state index in [2.05, 4.69) is 74.5 Å². The minimum atomic E-state index is -1.05. The molecule has 0 aliphatic heterocycles. The lowest BCUT2D eigenvalue weighted by Gasteiger charge is -2.47. The molecule has 0 radical (unpaired) electrons. The zero-order valence-electron chi connectivity index (χ0n) is 39.5. The van der Waals surface area contributed by atoms with Crippen molar-refractivity contribution in [2.45, 2.75) is 24.7 Å². The van der Waals surface area contributed by atoms with Crippen molar-refractivity contribution in [2.75, 3.05) is 9.80 Å². The van der Waals surface area contributed by atoms with Crippen LogP contribution in [-0.2, 0) is 10.8 Å². The van der Waals surface area contributed by atoms with Crippen LogP contribution in [0.4, 0.5) is 60.5 Å². The summed E-state index contributed by atoms with van der Waals surface area (Å²) < 4.78 is 96.0. The third kappa shape index (κ3) is 6.31. The van der Waals surface area contributed by atoms with E-state index in [4.69, 9.17) is 0 Å². The number of hydrogen-bond donors (Lipinski definition) is 0. The molecule has 10 aromatic carbocycles. The van der Waals surface area contributed by atoms with E-state index in [-0.39, 0.29) is 23.0 Å². The first kappa shape index (κ1) is 44.5. The summed E-state index contributed by atoms with van der Waals surface area (Å²) in [6.45, 7) is 4.45. The van der Waals surface area contributed by atoms with Crippen LogP contribution >= 0.6 is 22.7 Å². The zero-order chi connectivity index (χ0) is 50.4. The van der Waals surface area contributed by atoms with Crippen molar-refractivity contribution in [3.63, 3.8) is 0 Å². The molecule has 0 saturated heterocycles. The van der Waals surface area contributed by atoms with Gasteiger partial charge in [0.1, 0.15) is 34.9 Å². The molecule has 2 aromatic heterocycles. The second-order valence-electron chi connectivity index (χ2n) is 19.6. The summed E-state index contributed by atoms with van der Waals surface area (Å²) in [5.41, 5.74) is 9.25. The number of rotatable bonds is 6. The number of fused-ring (bicyclic) bond motifs is 15. The fourth-order valence-corrected chi connectivity index (χ4v) is 14.7. The van der Waals surface area contributed by atoms with Crippen molar-refractivity contribution in [1.29, 1.82) is 0 Å². The summed E-state index contributed by atoms with van der Waals surface area (Å²) in [5, 5.41) is 3.08. The Morgan fingerprint density at radius 1 is 0.324 bits per heavy atom. The van der Waals surface area contributed by atoms with Crippen molar-refractivity contribution in [3.05, 3.63) is 262 Å². The summed E-state index contributed by atoms with van der Waals surface area (Å²) in [6, 6.07) is 57.5. The normalized spacial score (nSPS) is 13.9. The average Bonchev–Trinajstić information content (AvgIpc) is 4.06. The first-order valence-corrected chi connectivity index (χ1v) is 25.7. The molecule has 0 amide bonds. The molecule has 0 N–H and O–H groups in total. The second kappa shape index (κ2) is 16.2. The number of nitrogens with zero attached hydrogens (tertiary/aromatic N) is 2. The number of anilines is 6. The van der Waals surface area contributed by atoms with Gasteiger partial charge in [-0.2, -0.15) is 0 Å². The largest absolute Gasteiger partial charge is 0.309 e. The molecule has 10 heteroatoms. The van der Waals surface area contributed by atoms with Crippen LogP contribution in [0.3, 0.4) is 0 Å². The Morgan fingerprint density at radius 3 is 1.09 bits per heavy atom. The second-order valence-corrected chi connectivity index (χ2v) is 21.6. The van der Waals surface area contributed by atoms with Crippen LogP contribution < -0.4 is 9.80 Å². The van der Waals surface area contributed by atoms with Crippen LogP contribution in [0.2, 0.25) is 0 Å². The Labute approximate surface area is 429 Å². The SMILES string of the molecule is CC1(C)c2ccccc2C2(c3cc(N(c4cc(F)cc(F)c4)c4cccc5c4sc4c(F)cccc45)ccc3-c3ccc(N(c4cc(F)cc(F)c4)c4cccc5c4sc4c(F)cccc45)cc32)c2ccccc21. The van der Waals surface area contributed by atoms with E-state index < -0.39 is 34.1 Å². The maximum atomic E-state index is 15.6. The van der Waals surface area contributed by atoms with Crippen LogP contribution in [0.25, 0.3) is 51.5 Å². The average molecular weight is 1010 g/mol. The zero-order valence-corrected chi connectivity index (χ0v) is 41.1. The Hall–Kier alpha value is -8.18. The summed E-state index contributed by atoms with van der Waals surface area (Å²) in [5.74, 6) is -3.74. The van der Waals surface area contributed by atoms with Crippen LogP contribution in [0.1, 0.15) is 47.2 Å². The predicted octanol–water partition coefficient (Wildman–Crippen LogP) is 19.2. The van der Waals surface area contributed by atoms with E-state index in [1.807, 2.05) is 82.6 Å². The van der Waals surface area contributed by atoms with Gasteiger partial charge in [0, 0.05) is 50.5 Å². The van der Waals surface area contributed by atoms with Gasteiger partial charge in [0.15, 0.2) is 0 Å². The van der Waals surface area contributed by atoms with Crippen LogP contribution in [0, 0.1) is 34.9 Å². The van der Waals surface area contributed by atoms with Crippen LogP contribution in [0.5, 0.6) is 0 Å². The number of hydrogen-bond acceptors (Lipinski definition) is 4. The highest BCUT2D eigenvalue weighted by Crippen LogP contribution is 2.64. The molecule has 2 nitrogen and oxygen atoms in total. The van der Waals surface area contributed by atoms with Crippen molar-refractivity contribution < 1.29 is 26.3 Å². The topological polar surface area (TPSA) is 6.48 Å². The molecule has 2 aliphatic rings. The third-order valence-corrected chi connectivity index (χ3v) is 17.7. The van der Waals surface area contributed by atoms with E-state index >= 15 is 26.3 Å². The van der Waals surface area contributed by atoms with Crippen LogP contribution in [-0.4, -0.2) is 0 Å². The lowest BCUT2D eigenvalue weighted by atomic mass is 9.55. The highest BCUT2D eigenvalue weighted by atomic mass is 32.1. The highest BCUT2D eigenvalue weighted by molar-refractivity contribution is 7.26. The molecular formula is C64H38F6N2S2. The molecule has 2 aliphatic carbocycles. The minimum Gasteiger partial charge on any atom is -0.309 e. The maximum Gasteiger partial charge on any atom is 0.141 e. The van der Waals surface area contributed by atoms with Crippen LogP contribution in [0.15, 0.2) is 194 Å². The van der Waals surface area contributed by atoms with Gasteiger partial charge in [-0.15, -0.1) is 22.7 Å². The monoisotopic (exact) mass is 1010 g/mol. The molecule has 12 aromatic rings. The van der Waals surface area contributed by atoms with Gasteiger partial charge in [0.2, 0.25) is 0 Å². The summed E-state index contributed by atoms with van der Waals surface area (Å²) in [7, 11) is 0. The summed E-state index contributed by atoms with van der Waals surface area (Å²) in [6.07, 6.45) is 0. The quantitative estimate of drug-likeness (QED) is 0.153. The molecule has 2 heterocycles. The first-order valence-electron chi connectivity index (χ1n) is 24.1. The van der Waals surface area contributed by atoms with E-state index in [0.717, 1.165) is 87.6 Å². The first-order chi connectivity index (χ1) is 35.9. The van der Waals surface area contributed by atoms with Gasteiger partial charge in [-0.25, -0.2) is 26.3 Å². The standard InChI is InChI=1S/C64H38F6N2S2/c1-63(2)49-15-3-5-17-51(49)64(52-18-6-4-16-50(52)63)53-33-39(71(41-29-35(65)27-36(66)30-41)57-21-9-13-47-45-11-7-19-55(69)59(45)73-61(47)57)23-25-43(53)44-26-24-40(34-54(44)64)72(42-31-37(67)28-38(68)32-42)58-22-10-14-48-46-12-8-20-56(70)60(46)74-62(48)58/h3-34H,1-2H3. The van der Waals surface area contributed by atoms with Gasteiger partial charge in [0.25, 0.3) is 0 Å².